The molecular weight excluding hydrogens is 324 g/mol. The van der Waals surface area contributed by atoms with Gasteiger partial charge in [-0.25, -0.2) is 13.6 Å². The number of halogens is 2. The van der Waals surface area contributed by atoms with E-state index in [1.807, 2.05) is 25.2 Å². The maximum Gasteiger partial charge on any atom is 0.326 e. The summed E-state index contributed by atoms with van der Waals surface area (Å²) in [5.41, 5.74) is 0.564. The zero-order chi connectivity index (χ0) is 17.9. The van der Waals surface area contributed by atoms with E-state index in [4.69, 9.17) is 14.6 Å². The number of carboxylic acids is 1. The Morgan fingerprint density at radius 3 is 2.75 bits per heavy atom. The largest absolute Gasteiger partial charge is 0.483 e. The van der Waals surface area contributed by atoms with Gasteiger partial charge in [0.15, 0.2) is 18.1 Å². The lowest BCUT2D eigenvalue weighted by atomic mass is 10.0. The van der Waals surface area contributed by atoms with E-state index in [0.29, 0.717) is 17.9 Å². The first kappa shape index (κ1) is 18.0. The Morgan fingerprint density at radius 1 is 1.42 bits per heavy atom. The monoisotopic (exact) mass is 343 g/mol. The standard InChI is InChI=1S/C16H19F2NO5/c1-16(2)7-9-4-3-5-11(14(9)24-16)23-8-13(20)19-10(15(21)22)6-12(17)18/h3-5,10,12H,6-8H2,1-2H3,(H,19,20)(H,21,22). The third-order valence-corrected chi connectivity index (χ3v) is 3.46. The summed E-state index contributed by atoms with van der Waals surface area (Å²) in [6, 6.07) is 3.62. The lowest BCUT2D eigenvalue weighted by molar-refractivity contribution is -0.143. The molecule has 1 aliphatic rings. The van der Waals surface area contributed by atoms with Gasteiger partial charge in [0.05, 0.1) is 0 Å². The van der Waals surface area contributed by atoms with Crippen molar-refractivity contribution in [2.75, 3.05) is 6.61 Å². The van der Waals surface area contributed by atoms with E-state index < -0.39 is 37.4 Å². The zero-order valence-electron chi connectivity index (χ0n) is 13.3. The quantitative estimate of drug-likeness (QED) is 0.791. The van der Waals surface area contributed by atoms with Gasteiger partial charge in [0.2, 0.25) is 6.43 Å². The predicted octanol–water partition coefficient (Wildman–Crippen LogP) is 2.00. The molecule has 8 heteroatoms. The molecule has 2 N–H and O–H groups in total. The number of amides is 1. The maximum absolute atomic E-state index is 12.3. The number of carboxylic acid groups (broad SMARTS) is 1. The van der Waals surface area contributed by atoms with Crippen LogP contribution in [0.3, 0.4) is 0 Å². The molecule has 0 aliphatic carbocycles. The Bertz CT molecular complexity index is 633. The number of nitrogens with one attached hydrogen (secondary N) is 1. The van der Waals surface area contributed by atoms with E-state index in [-0.39, 0.29) is 5.60 Å². The molecule has 0 saturated heterocycles. The highest BCUT2D eigenvalue weighted by molar-refractivity contribution is 5.84. The smallest absolute Gasteiger partial charge is 0.326 e. The van der Waals surface area contributed by atoms with Crippen LogP contribution in [0.1, 0.15) is 25.8 Å². The maximum atomic E-state index is 12.3. The Balaban J connectivity index is 1.96. The molecule has 0 aromatic heterocycles. The van der Waals surface area contributed by atoms with Crippen molar-refractivity contribution >= 4 is 11.9 Å². The average Bonchev–Trinajstić information content (AvgIpc) is 2.78. The summed E-state index contributed by atoms with van der Waals surface area (Å²) in [5, 5.41) is 10.8. The van der Waals surface area contributed by atoms with Crippen molar-refractivity contribution in [3.63, 3.8) is 0 Å². The molecule has 2 rings (SSSR count). The molecule has 1 atom stereocenters. The number of rotatable bonds is 7. The first-order chi connectivity index (χ1) is 11.2. The molecule has 24 heavy (non-hydrogen) atoms. The molecule has 132 valence electrons. The van der Waals surface area contributed by atoms with Crippen molar-refractivity contribution in [1.82, 2.24) is 5.32 Å². The molecule has 0 bridgehead atoms. The van der Waals surface area contributed by atoms with Crippen molar-refractivity contribution in [2.24, 2.45) is 0 Å². The van der Waals surface area contributed by atoms with E-state index >= 15 is 0 Å². The summed E-state index contributed by atoms with van der Waals surface area (Å²) in [4.78, 5) is 22.6. The van der Waals surface area contributed by atoms with Crippen LogP contribution in [0.5, 0.6) is 11.5 Å². The minimum absolute atomic E-state index is 0.356. The normalized spacial score (nSPS) is 16.2. The molecule has 1 aromatic carbocycles. The molecule has 1 unspecified atom stereocenters. The van der Waals surface area contributed by atoms with E-state index in [0.717, 1.165) is 5.56 Å². The predicted molar refractivity (Wildman–Crippen MR) is 80.5 cm³/mol. The summed E-state index contributed by atoms with van der Waals surface area (Å²) in [7, 11) is 0. The fraction of sp³-hybridized carbons (Fsp3) is 0.500. The Hall–Kier alpha value is -2.38. The summed E-state index contributed by atoms with van der Waals surface area (Å²) in [6.07, 6.45) is -3.10. The summed E-state index contributed by atoms with van der Waals surface area (Å²) >= 11 is 0. The van der Waals surface area contributed by atoms with E-state index in [1.165, 1.54) is 0 Å². The second-order valence-corrected chi connectivity index (χ2v) is 6.16. The molecule has 1 heterocycles. The number of hydrogen-bond acceptors (Lipinski definition) is 4. The van der Waals surface area contributed by atoms with Crippen LogP contribution in [0.2, 0.25) is 0 Å². The molecule has 0 radical (unpaired) electrons. The van der Waals surface area contributed by atoms with Gasteiger partial charge in [-0.2, -0.15) is 0 Å². The summed E-state index contributed by atoms with van der Waals surface area (Å²) in [5.74, 6) is -1.42. The fourth-order valence-corrected chi connectivity index (χ4v) is 2.48. The van der Waals surface area contributed by atoms with Crippen molar-refractivity contribution < 1.29 is 33.0 Å². The Labute approximate surface area is 137 Å². The minimum atomic E-state index is -2.83. The molecule has 0 saturated carbocycles. The van der Waals surface area contributed by atoms with Crippen molar-refractivity contribution in [2.45, 2.75) is 44.8 Å². The number of hydrogen-bond donors (Lipinski definition) is 2. The molecule has 0 fully saturated rings. The van der Waals surface area contributed by atoms with Crippen LogP contribution in [-0.2, 0) is 16.0 Å². The van der Waals surface area contributed by atoms with Gasteiger partial charge >= 0.3 is 5.97 Å². The van der Waals surface area contributed by atoms with Gasteiger partial charge in [-0.15, -0.1) is 0 Å². The van der Waals surface area contributed by atoms with Gasteiger partial charge in [-0.1, -0.05) is 12.1 Å². The van der Waals surface area contributed by atoms with Crippen molar-refractivity contribution in [3.05, 3.63) is 23.8 Å². The first-order valence-corrected chi connectivity index (χ1v) is 7.42. The van der Waals surface area contributed by atoms with Gasteiger partial charge < -0.3 is 19.9 Å². The minimum Gasteiger partial charge on any atom is -0.483 e. The molecule has 1 amide bonds. The molecular formula is C16H19F2NO5. The SMILES string of the molecule is CC1(C)Cc2cccc(OCC(=O)NC(CC(F)F)C(=O)O)c2O1. The van der Waals surface area contributed by atoms with Crippen LogP contribution in [0.15, 0.2) is 18.2 Å². The van der Waals surface area contributed by atoms with Crippen LogP contribution in [0.4, 0.5) is 8.78 Å². The third kappa shape index (κ3) is 4.56. The summed E-state index contributed by atoms with van der Waals surface area (Å²) < 4.78 is 35.8. The number of ether oxygens (including phenoxy) is 2. The Morgan fingerprint density at radius 2 is 2.12 bits per heavy atom. The van der Waals surface area contributed by atoms with Crippen molar-refractivity contribution in [3.8, 4) is 11.5 Å². The number of carbonyl (C=O) groups is 2. The van der Waals surface area contributed by atoms with E-state index in [9.17, 15) is 18.4 Å². The number of benzene rings is 1. The molecule has 0 spiro atoms. The highest BCUT2D eigenvalue weighted by atomic mass is 19.3. The van der Waals surface area contributed by atoms with E-state index in [1.54, 1.807) is 12.1 Å². The second-order valence-electron chi connectivity index (χ2n) is 6.16. The molecule has 1 aliphatic heterocycles. The van der Waals surface area contributed by atoms with Gasteiger partial charge in [-0.05, 0) is 19.9 Å². The fourth-order valence-electron chi connectivity index (χ4n) is 2.48. The average molecular weight is 343 g/mol. The molecule has 1 aromatic rings. The lowest BCUT2D eigenvalue weighted by Gasteiger charge is -2.18. The highest BCUT2D eigenvalue weighted by Crippen LogP contribution is 2.41. The highest BCUT2D eigenvalue weighted by Gasteiger charge is 2.32. The van der Waals surface area contributed by atoms with Gasteiger partial charge in [0.1, 0.15) is 11.6 Å². The van der Waals surface area contributed by atoms with Gasteiger partial charge in [-0.3, -0.25) is 4.79 Å². The molecule has 6 nitrogen and oxygen atoms in total. The van der Waals surface area contributed by atoms with Crippen molar-refractivity contribution in [1.29, 1.82) is 0 Å². The third-order valence-electron chi connectivity index (χ3n) is 3.46. The van der Waals surface area contributed by atoms with Gasteiger partial charge in [0, 0.05) is 18.4 Å². The first-order valence-electron chi connectivity index (χ1n) is 7.42. The zero-order valence-corrected chi connectivity index (χ0v) is 13.3. The Kier molecular flexibility index (Phi) is 5.26. The topological polar surface area (TPSA) is 84.9 Å². The summed E-state index contributed by atoms with van der Waals surface area (Å²) in [6.45, 7) is 3.35. The van der Waals surface area contributed by atoms with Crippen LogP contribution in [-0.4, -0.2) is 41.7 Å². The second kappa shape index (κ2) is 7.02. The van der Waals surface area contributed by atoms with Crippen LogP contribution in [0.25, 0.3) is 0 Å². The number of fused-ring (bicyclic) bond motifs is 1. The van der Waals surface area contributed by atoms with Crippen LogP contribution < -0.4 is 14.8 Å². The van der Waals surface area contributed by atoms with Crippen LogP contribution >= 0.6 is 0 Å². The number of para-hydroxylation sites is 1. The number of aliphatic carboxylic acids is 1. The van der Waals surface area contributed by atoms with Crippen LogP contribution in [0, 0.1) is 0 Å². The number of carbonyl (C=O) groups excluding carboxylic acids is 1. The van der Waals surface area contributed by atoms with Gasteiger partial charge in [0.25, 0.3) is 5.91 Å². The lowest BCUT2D eigenvalue weighted by Crippen LogP contribution is -2.44. The number of alkyl halides is 2. The van der Waals surface area contributed by atoms with E-state index in [2.05, 4.69) is 0 Å².